The van der Waals surface area contributed by atoms with E-state index in [0.29, 0.717) is 6.54 Å². The Kier molecular flexibility index (Phi) is 2.85. The second-order valence-electron chi connectivity index (χ2n) is 3.78. The minimum atomic E-state index is 0.691. The predicted octanol–water partition coefficient (Wildman–Crippen LogP) is 2.64. The van der Waals surface area contributed by atoms with Crippen molar-refractivity contribution in [3.8, 4) is 5.75 Å². The van der Waals surface area contributed by atoms with Crippen LogP contribution in [0.25, 0.3) is 10.2 Å². The smallest absolute Gasteiger partial charge is 0.184 e. The van der Waals surface area contributed by atoms with Gasteiger partial charge in [-0.1, -0.05) is 11.3 Å². The third kappa shape index (κ3) is 2.14. The Bertz CT molecular complexity index is 647. The van der Waals surface area contributed by atoms with Crippen molar-refractivity contribution in [1.29, 1.82) is 0 Å². The average molecular weight is 260 g/mol. The summed E-state index contributed by atoms with van der Waals surface area (Å²) < 4.78 is 6.31. The number of nitrogens with zero attached hydrogens (tertiary/aromatic N) is 2. The van der Waals surface area contributed by atoms with Crippen LogP contribution in [0, 0.1) is 0 Å². The summed E-state index contributed by atoms with van der Waals surface area (Å²) >= 11 is 1.61. The number of methoxy groups -OCH3 is 1. The van der Waals surface area contributed by atoms with E-state index in [-0.39, 0.29) is 0 Å². The number of fused-ring (bicyclic) bond motifs is 1. The minimum Gasteiger partial charge on any atom is -0.497 e. The number of H-pyrrole nitrogens is 1. The second-order valence-corrected chi connectivity index (χ2v) is 4.81. The molecule has 18 heavy (non-hydrogen) atoms. The first-order valence-electron chi connectivity index (χ1n) is 5.51. The lowest BCUT2D eigenvalue weighted by Crippen LogP contribution is -1.98. The van der Waals surface area contributed by atoms with Crippen molar-refractivity contribution in [3.63, 3.8) is 0 Å². The van der Waals surface area contributed by atoms with E-state index >= 15 is 0 Å². The monoisotopic (exact) mass is 260 g/mol. The first kappa shape index (κ1) is 11.0. The van der Waals surface area contributed by atoms with Crippen molar-refractivity contribution >= 4 is 26.7 Å². The molecular weight excluding hydrogens is 248 g/mol. The number of rotatable bonds is 4. The van der Waals surface area contributed by atoms with Gasteiger partial charge in [-0.05, 0) is 18.2 Å². The number of nitrogens with one attached hydrogen (secondary N) is 2. The number of ether oxygens (including phenoxy) is 1. The molecule has 0 fully saturated rings. The zero-order valence-corrected chi connectivity index (χ0v) is 10.6. The Balaban J connectivity index is 1.80. The van der Waals surface area contributed by atoms with Crippen LogP contribution >= 0.6 is 11.3 Å². The van der Waals surface area contributed by atoms with E-state index in [2.05, 4.69) is 20.3 Å². The van der Waals surface area contributed by atoms with Crippen LogP contribution in [0.5, 0.6) is 5.75 Å². The highest BCUT2D eigenvalue weighted by Gasteiger charge is 2.05. The molecule has 6 heteroatoms. The third-order valence-electron chi connectivity index (χ3n) is 2.58. The van der Waals surface area contributed by atoms with Gasteiger partial charge in [0.05, 0.1) is 35.9 Å². The minimum absolute atomic E-state index is 0.691. The van der Waals surface area contributed by atoms with E-state index in [1.807, 2.05) is 18.2 Å². The SMILES string of the molecule is COc1ccc2nc(NCc3cnc[nH]3)sc2c1. The van der Waals surface area contributed by atoms with E-state index < -0.39 is 0 Å². The van der Waals surface area contributed by atoms with E-state index in [1.165, 1.54) is 0 Å². The molecule has 3 aromatic rings. The van der Waals surface area contributed by atoms with Gasteiger partial charge in [0.25, 0.3) is 0 Å². The average Bonchev–Trinajstić information content (AvgIpc) is 3.04. The second kappa shape index (κ2) is 4.66. The maximum absolute atomic E-state index is 5.20. The molecule has 0 aliphatic heterocycles. The van der Waals surface area contributed by atoms with Crippen molar-refractivity contribution in [3.05, 3.63) is 36.4 Å². The molecule has 5 nitrogen and oxygen atoms in total. The number of imidazole rings is 1. The van der Waals surface area contributed by atoms with Crippen LogP contribution in [0.4, 0.5) is 5.13 Å². The van der Waals surface area contributed by atoms with Gasteiger partial charge in [0, 0.05) is 6.20 Å². The molecule has 1 aromatic carbocycles. The van der Waals surface area contributed by atoms with Gasteiger partial charge in [-0.3, -0.25) is 0 Å². The molecule has 2 aromatic heterocycles. The van der Waals surface area contributed by atoms with Crippen LogP contribution in [0.2, 0.25) is 0 Å². The predicted molar refractivity (Wildman–Crippen MR) is 72.1 cm³/mol. The zero-order chi connectivity index (χ0) is 12.4. The summed E-state index contributed by atoms with van der Waals surface area (Å²) in [6.07, 6.45) is 3.46. The topological polar surface area (TPSA) is 62.8 Å². The van der Waals surface area contributed by atoms with Gasteiger partial charge in [0.2, 0.25) is 0 Å². The number of thiazole rings is 1. The highest BCUT2D eigenvalue weighted by molar-refractivity contribution is 7.22. The maximum atomic E-state index is 5.20. The summed E-state index contributed by atoms with van der Waals surface area (Å²) in [5, 5.41) is 4.17. The molecule has 0 saturated heterocycles. The van der Waals surface area contributed by atoms with Gasteiger partial charge in [-0.15, -0.1) is 0 Å². The Morgan fingerprint density at radius 2 is 2.39 bits per heavy atom. The number of hydrogen-bond donors (Lipinski definition) is 2. The van der Waals surface area contributed by atoms with Crippen molar-refractivity contribution in [2.75, 3.05) is 12.4 Å². The Morgan fingerprint density at radius 1 is 1.44 bits per heavy atom. The van der Waals surface area contributed by atoms with Crippen molar-refractivity contribution in [2.24, 2.45) is 0 Å². The fourth-order valence-electron chi connectivity index (χ4n) is 1.66. The Morgan fingerprint density at radius 3 is 3.17 bits per heavy atom. The van der Waals surface area contributed by atoms with E-state index in [9.17, 15) is 0 Å². The van der Waals surface area contributed by atoms with Gasteiger partial charge in [-0.25, -0.2) is 9.97 Å². The summed E-state index contributed by atoms with van der Waals surface area (Å²) in [7, 11) is 1.67. The maximum Gasteiger partial charge on any atom is 0.184 e. The van der Waals surface area contributed by atoms with Crippen LogP contribution < -0.4 is 10.1 Å². The van der Waals surface area contributed by atoms with Crippen LogP contribution in [-0.2, 0) is 6.54 Å². The van der Waals surface area contributed by atoms with Crippen LogP contribution in [0.3, 0.4) is 0 Å². The van der Waals surface area contributed by atoms with Gasteiger partial charge in [0.15, 0.2) is 5.13 Å². The van der Waals surface area contributed by atoms with Crippen LogP contribution in [0.1, 0.15) is 5.69 Å². The molecule has 0 saturated carbocycles. The van der Waals surface area contributed by atoms with Crippen LogP contribution in [0.15, 0.2) is 30.7 Å². The van der Waals surface area contributed by atoms with Gasteiger partial charge < -0.3 is 15.0 Å². The largest absolute Gasteiger partial charge is 0.497 e. The Labute approximate surface area is 108 Å². The molecule has 2 N–H and O–H groups in total. The lowest BCUT2D eigenvalue weighted by Gasteiger charge is -1.97. The summed E-state index contributed by atoms with van der Waals surface area (Å²) in [6, 6.07) is 5.88. The molecule has 0 spiro atoms. The summed E-state index contributed by atoms with van der Waals surface area (Å²) in [6.45, 7) is 0.691. The molecule has 0 bridgehead atoms. The molecular formula is C12H12N4OS. The fraction of sp³-hybridized carbons (Fsp3) is 0.167. The molecule has 2 heterocycles. The standard InChI is InChI=1S/C12H12N4OS/c1-17-9-2-3-10-11(4-9)18-12(16-10)14-6-8-5-13-7-15-8/h2-5,7H,6H2,1H3,(H,13,15)(H,14,16). The van der Waals surface area contributed by atoms with Crippen molar-refractivity contribution < 1.29 is 4.74 Å². The molecule has 92 valence electrons. The number of hydrogen-bond acceptors (Lipinski definition) is 5. The normalized spacial score (nSPS) is 10.7. The molecule has 0 unspecified atom stereocenters. The van der Waals surface area contributed by atoms with E-state index in [1.54, 1.807) is 31.0 Å². The van der Waals surface area contributed by atoms with E-state index in [4.69, 9.17) is 4.74 Å². The summed E-state index contributed by atoms with van der Waals surface area (Å²) in [5.74, 6) is 0.853. The third-order valence-corrected chi connectivity index (χ3v) is 3.56. The van der Waals surface area contributed by atoms with Gasteiger partial charge in [-0.2, -0.15) is 0 Å². The highest BCUT2D eigenvalue weighted by atomic mass is 32.1. The number of aromatic amines is 1. The summed E-state index contributed by atoms with van der Waals surface area (Å²) in [5.41, 5.74) is 2.01. The highest BCUT2D eigenvalue weighted by Crippen LogP contribution is 2.29. The zero-order valence-electron chi connectivity index (χ0n) is 9.80. The van der Waals surface area contributed by atoms with Crippen molar-refractivity contribution in [1.82, 2.24) is 15.0 Å². The molecule has 0 amide bonds. The lowest BCUT2D eigenvalue weighted by atomic mass is 10.3. The lowest BCUT2D eigenvalue weighted by molar-refractivity contribution is 0.415. The van der Waals surface area contributed by atoms with Crippen LogP contribution in [-0.4, -0.2) is 22.1 Å². The summed E-state index contributed by atoms with van der Waals surface area (Å²) in [4.78, 5) is 11.5. The molecule has 0 aliphatic rings. The first-order chi connectivity index (χ1) is 8.85. The quantitative estimate of drug-likeness (QED) is 0.757. The van der Waals surface area contributed by atoms with Gasteiger partial charge in [0.1, 0.15) is 5.75 Å². The Hall–Kier alpha value is -2.08. The van der Waals surface area contributed by atoms with Crippen molar-refractivity contribution in [2.45, 2.75) is 6.54 Å². The molecule has 0 radical (unpaired) electrons. The van der Waals surface area contributed by atoms with E-state index in [0.717, 1.165) is 26.8 Å². The first-order valence-corrected chi connectivity index (χ1v) is 6.32. The molecule has 0 atom stereocenters. The molecule has 3 rings (SSSR count). The molecule has 0 aliphatic carbocycles. The van der Waals surface area contributed by atoms with Gasteiger partial charge >= 0.3 is 0 Å². The number of benzene rings is 1. The number of anilines is 1. The number of aromatic nitrogens is 3. The fourth-order valence-corrected chi connectivity index (χ4v) is 2.55.